The number of halogens is 3. The number of aryl methyl sites for hydroxylation is 1. The molecular formula is C29H33F3N2O. The maximum atomic E-state index is 13.9. The van der Waals surface area contributed by atoms with Crippen molar-refractivity contribution in [3.63, 3.8) is 0 Å². The van der Waals surface area contributed by atoms with Gasteiger partial charge in [-0.3, -0.25) is 9.78 Å². The lowest BCUT2D eigenvalue weighted by atomic mass is 9.89. The van der Waals surface area contributed by atoms with Crippen molar-refractivity contribution in [2.75, 3.05) is 0 Å². The van der Waals surface area contributed by atoms with Crippen LogP contribution in [0.2, 0.25) is 0 Å². The minimum Gasteiger partial charge on any atom is -0.348 e. The summed E-state index contributed by atoms with van der Waals surface area (Å²) in [5.41, 5.74) is 3.70. The molecule has 1 aromatic heterocycles. The van der Waals surface area contributed by atoms with Gasteiger partial charge in [0, 0.05) is 24.0 Å². The topological polar surface area (TPSA) is 42.0 Å². The van der Waals surface area contributed by atoms with Crippen molar-refractivity contribution in [2.45, 2.75) is 72.0 Å². The summed E-state index contributed by atoms with van der Waals surface area (Å²) >= 11 is 0. The van der Waals surface area contributed by atoms with E-state index in [2.05, 4.69) is 17.2 Å². The quantitative estimate of drug-likeness (QED) is 0.308. The molecule has 1 aliphatic carbocycles. The number of hydrogen-bond acceptors (Lipinski definition) is 2. The first-order chi connectivity index (χ1) is 16.7. The number of amides is 1. The molecule has 35 heavy (non-hydrogen) atoms. The van der Waals surface area contributed by atoms with Crippen LogP contribution in [0, 0.1) is 6.92 Å². The smallest absolute Gasteiger partial charge is 0.348 e. The first-order valence-electron chi connectivity index (χ1n) is 12.2. The Morgan fingerprint density at radius 3 is 2.66 bits per heavy atom. The molecule has 0 radical (unpaired) electrons. The van der Waals surface area contributed by atoms with E-state index in [0.29, 0.717) is 17.6 Å². The van der Waals surface area contributed by atoms with Crippen LogP contribution in [0.5, 0.6) is 0 Å². The van der Waals surface area contributed by atoms with E-state index in [1.54, 1.807) is 30.5 Å². The van der Waals surface area contributed by atoms with Crippen LogP contribution < -0.4 is 5.32 Å². The van der Waals surface area contributed by atoms with E-state index in [-0.39, 0.29) is 18.0 Å². The minimum atomic E-state index is -4.46. The van der Waals surface area contributed by atoms with Crippen LogP contribution in [-0.4, -0.2) is 10.9 Å². The number of aromatic nitrogens is 1. The maximum absolute atomic E-state index is 13.9. The maximum Gasteiger partial charge on any atom is 0.417 e. The zero-order valence-corrected chi connectivity index (χ0v) is 20.6. The highest BCUT2D eigenvalue weighted by molar-refractivity contribution is 6.02. The molecule has 1 aromatic carbocycles. The van der Waals surface area contributed by atoms with Crippen molar-refractivity contribution in [1.29, 1.82) is 0 Å². The van der Waals surface area contributed by atoms with Crippen molar-refractivity contribution in [3.05, 3.63) is 87.8 Å². The third-order valence-electron chi connectivity index (χ3n) is 6.24. The van der Waals surface area contributed by atoms with Crippen LogP contribution in [0.25, 0.3) is 11.6 Å². The number of carbonyl (C=O) groups is 1. The number of rotatable bonds is 8. The van der Waals surface area contributed by atoms with E-state index in [1.807, 2.05) is 32.1 Å². The van der Waals surface area contributed by atoms with Gasteiger partial charge in [-0.15, -0.1) is 0 Å². The van der Waals surface area contributed by atoms with Crippen LogP contribution in [0.4, 0.5) is 13.2 Å². The number of unbranched alkanes of at least 4 members (excludes halogenated alkanes) is 1. The molecule has 0 fully saturated rings. The first kappa shape index (κ1) is 26.5. The Morgan fingerprint density at radius 2 is 2.00 bits per heavy atom. The van der Waals surface area contributed by atoms with E-state index in [0.717, 1.165) is 54.5 Å². The van der Waals surface area contributed by atoms with Crippen molar-refractivity contribution >= 4 is 17.6 Å². The van der Waals surface area contributed by atoms with Gasteiger partial charge < -0.3 is 5.32 Å². The SMILES string of the molecule is CCCC=C(C)C(=Cc1cccnc1C)C(=O)NCc1ccc(C2=CCCCC2)c(C(F)(F)F)c1. The third kappa shape index (κ3) is 7.17. The fourth-order valence-electron chi connectivity index (χ4n) is 4.21. The van der Waals surface area contributed by atoms with Crippen LogP contribution in [0.15, 0.2) is 59.8 Å². The van der Waals surface area contributed by atoms with Crippen LogP contribution in [0.3, 0.4) is 0 Å². The monoisotopic (exact) mass is 482 g/mol. The summed E-state index contributed by atoms with van der Waals surface area (Å²) < 4.78 is 41.6. The summed E-state index contributed by atoms with van der Waals surface area (Å²) in [5, 5.41) is 2.82. The molecule has 1 N–H and O–H groups in total. The minimum absolute atomic E-state index is 0.00562. The molecule has 1 heterocycles. The predicted octanol–water partition coefficient (Wildman–Crippen LogP) is 7.81. The third-order valence-corrected chi connectivity index (χ3v) is 6.24. The van der Waals surface area contributed by atoms with E-state index in [9.17, 15) is 18.0 Å². The summed E-state index contributed by atoms with van der Waals surface area (Å²) in [7, 11) is 0. The molecular weight excluding hydrogens is 449 g/mol. The Morgan fingerprint density at radius 1 is 1.20 bits per heavy atom. The average Bonchev–Trinajstić information content (AvgIpc) is 2.85. The summed E-state index contributed by atoms with van der Waals surface area (Å²) in [5.74, 6) is -0.328. The molecule has 186 valence electrons. The van der Waals surface area contributed by atoms with E-state index < -0.39 is 11.7 Å². The highest BCUT2D eigenvalue weighted by Crippen LogP contribution is 2.38. The summed E-state index contributed by atoms with van der Waals surface area (Å²) in [6, 6.07) is 8.08. The Labute approximate surface area is 205 Å². The Balaban J connectivity index is 1.86. The molecule has 1 amide bonds. The van der Waals surface area contributed by atoms with Gasteiger partial charge in [0.25, 0.3) is 5.91 Å². The number of nitrogens with one attached hydrogen (secondary N) is 1. The van der Waals surface area contributed by atoms with Gasteiger partial charge in [0.1, 0.15) is 0 Å². The van der Waals surface area contributed by atoms with Crippen LogP contribution >= 0.6 is 0 Å². The van der Waals surface area contributed by atoms with Gasteiger partial charge in [-0.2, -0.15) is 13.2 Å². The number of allylic oxidation sites excluding steroid dienone is 3. The molecule has 0 spiro atoms. The fourth-order valence-corrected chi connectivity index (χ4v) is 4.21. The number of benzene rings is 1. The molecule has 3 rings (SSSR count). The van der Waals surface area contributed by atoms with E-state index in [1.165, 1.54) is 6.07 Å². The second-order valence-corrected chi connectivity index (χ2v) is 8.95. The summed E-state index contributed by atoms with van der Waals surface area (Å²) in [4.78, 5) is 17.4. The van der Waals surface area contributed by atoms with Crippen molar-refractivity contribution in [2.24, 2.45) is 0 Å². The molecule has 3 nitrogen and oxygen atoms in total. The lowest BCUT2D eigenvalue weighted by Crippen LogP contribution is -2.25. The largest absolute Gasteiger partial charge is 0.417 e. The second kappa shape index (κ2) is 12.0. The van der Waals surface area contributed by atoms with Gasteiger partial charge in [-0.1, -0.05) is 43.7 Å². The van der Waals surface area contributed by atoms with Gasteiger partial charge >= 0.3 is 6.18 Å². The van der Waals surface area contributed by atoms with Crippen molar-refractivity contribution < 1.29 is 18.0 Å². The first-order valence-corrected chi connectivity index (χ1v) is 12.2. The van der Waals surface area contributed by atoms with Gasteiger partial charge in [0.05, 0.1) is 5.56 Å². The molecule has 6 heteroatoms. The Kier molecular flexibility index (Phi) is 9.07. The molecule has 1 aliphatic rings. The number of carbonyl (C=O) groups excluding carboxylic acids is 1. The Hall–Kier alpha value is -3.15. The number of alkyl halides is 3. The van der Waals surface area contributed by atoms with Gasteiger partial charge in [0.15, 0.2) is 0 Å². The average molecular weight is 483 g/mol. The molecule has 0 unspecified atom stereocenters. The molecule has 0 atom stereocenters. The highest BCUT2D eigenvalue weighted by atomic mass is 19.4. The van der Waals surface area contributed by atoms with Crippen LogP contribution in [0.1, 0.15) is 80.3 Å². The molecule has 0 saturated heterocycles. The van der Waals surface area contributed by atoms with E-state index >= 15 is 0 Å². The van der Waals surface area contributed by atoms with Crippen molar-refractivity contribution in [3.8, 4) is 0 Å². The number of nitrogens with zero attached hydrogens (tertiary/aromatic N) is 1. The van der Waals surface area contributed by atoms with Crippen LogP contribution in [-0.2, 0) is 17.5 Å². The molecule has 0 bridgehead atoms. The lowest BCUT2D eigenvalue weighted by Gasteiger charge is -2.19. The number of hydrogen-bond donors (Lipinski definition) is 1. The zero-order chi connectivity index (χ0) is 25.4. The zero-order valence-electron chi connectivity index (χ0n) is 20.6. The second-order valence-electron chi connectivity index (χ2n) is 8.95. The predicted molar refractivity (Wildman–Crippen MR) is 135 cm³/mol. The normalized spacial score (nSPS) is 15.1. The lowest BCUT2D eigenvalue weighted by molar-refractivity contribution is -0.137. The van der Waals surface area contributed by atoms with Gasteiger partial charge in [-0.05, 0) is 92.0 Å². The standard InChI is InChI=1S/C29H33F3N2O/c1-4-5-10-20(2)26(18-24-13-9-16-33-21(24)3)28(35)34-19-22-14-15-25(23-11-7-6-8-12-23)27(17-22)29(30,31)32/h9-11,13-18H,4-8,12,19H2,1-3H3,(H,34,35). The Bertz CT molecular complexity index is 1140. The highest BCUT2D eigenvalue weighted by Gasteiger charge is 2.34. The van der Waals surface area contributed by atoms with E-state index in [4.69, 9.17) is 0 Å². The van der Waals surface area contributed by atoms with Crippen molar-refractivity contribution in [1.82, 2.24) is 10.3 Å². The van der Waals surface area contributed by atoms with Gasteiger partial charge in [-0.25, -0.2) is 0 Å². The summed E-state index contributed by atoms with van der Waals surface area (Å²) in [6.45, 7) is 5.81. The van der Waals surface area contributed by atoms with Gasteiger partial charge in [0.2, 0.25) is 0 Å². The fraction of sp³-hybridized carbons (Fsp3) is 0.379. The molecule has 0 saturated carbocycles. The number of pyridine rings is 1. The molecule has 0 aliphatic heterocycles. The summed E-state index contributed by atoms with van der Waals surface area (Å²) in [6.07, 6.45) is 8.09. The molecule has 2 aromatic rings.